The molecule has 1 N–H and O–H groups in total. The molecule has 2 aromatic heterocycles. The van der Waals surface area contributed by atoms with E-state index in [1.165, 1.54) is 24.3 Å². The van der Waals surface area contributed by atoms with Crippen LogP contribution in [0.15, 0.2) is 65.8 Å². The number of hydrogen-bond acceptors (Lipinski definition) is 9. The molecule has 2 atom stereocenters. The lowest BCUT2D eigenvalue weighted by Crippen LogP contribution is -2.55. The van der Waals surface area contributed by atoms with Crippen LogP contribution in [0.2, 0.25) is 0 Å². The number of benzene rings is 1. The molecule has 1 aromatic carbocycles. The number of imide groups is 1. The number of halogens is 3. The number of alkyl halides is 3. The first kappa shape index (κ1) is 34.0. The third-order valence-corrected chi connectivity index (χ3v) is 10.7. The van der Waals surface area contributed by atoms with Gasteiger partial charge in [-0.05, 0) is 85.5 Å². The molecule has 3 saturated heterocycles. The number of anilines is 3. The van der Waals surface area contributed by atoms with Gasteiger partial charge in [0.25, 0.3) is 5.91 Å². The maximum Gasteiger partial charge on any atom is 0.446 e. The lowest BCUT2D eigenvalue weighted by atomic mass is 9.70. The molecule has 0 saturated carbocycles. The highest BCUT2D eigenvalue weighted by molar-refractivity contribution is 8.00. The highest BCUT2D eigenvalue weighted by atomic mass is 32.2. The van der Waals surface area contributed by atoms with Crippen molar-refractivity contribution in [2.24, 2.45) is 0 Å². The highest BCUT2D eigenvalue weighted by Gasteiger charge is 2.59. The van der Waals surface area contributed by atoms with E-state index in [0.29, 0.717) is 0 Å². The summed E-state index contributed by atoms with van der Waals surface area (Å²) >= 11 is -0.245. The van der Waals surface area contributed by atoms with Crippen molar-refractivity contribution in [3.05, 3.63) is 72.1 Å². The number of pyridine rings is 2. The summed E-state index contributed by atoms with van der Waals surface area (Å²) in [5, 5.41) is 3.10. The number of rotatable bonds is 8. The summed E-state index contributed by atoms with van der Waals surface area (Å²) in [6, 6.07) is 12.4. The number of nitrogens with zero attached hydrogens (tertiary/aromatic N) is 7. The van der Waals surface area contributed by atoms with Crippen molar-refractivity contribution in [2.45, 2.75) is 41.6 Å². The quantitative estimate of drug-likeness (QED) is 0.261. The maximum atomic E-state index is 14.8. The van der Waals surface area contributed by atoms with Crippen LogP contribution >= 0.6 is 11.8 Å². The second-order valence-corrected chi connectivity index (χ2v) is 14.0. The van der Waals surface area contributed by atoms with E-state index in [4.69, 9.17) is 0 Å². The van der Waals surface area contributed by atoms with Gasteiger partial charge in [0.2, 0.25) is 0 Å². The standard InChI is InChI=1S/C34H41F3N8O2S/c1-23(25-9-11-38-29(21-25)43-17-13-41(3)14-18-43)33(24(2)26-10-12-39-30(22-26)44-19-15-42(4)16-20-44)31(46)45(32(47)40-33)27-5-7-28(8-6-27)48-34(35,36)37/h5-12,21-24H,13-20H2,1-4H3,(H,40,47). The average molecular weight is 683 g/mol. The fourth-order valence-electron chi connectivity index (χ4n) is 6.91. The topological polar surface area (TPSA) is 88.2 Å². The fraction of sp³-hybridized carbons (Fsp3) is 0.471. The molecule has 3 aliphatic rings. The minimum Gasteiger partial charge on any atom is -0.354 e. The van der Waals surface area contributed by atoms with Gasteiger partial charge in [-0.25, -0.2) is 19.7 Å². The van der Waals surface area contributed by atoms with Crippen molar-refractivity contribution in [2.75, 3.05) is 81.2 Å². The number of aromatic nitrogens is 2. The van der Waals surface area contributed by atoms with Crippen molar-refractivity contribution in [1.29, 1.82) is 0 Å². The largest absolute Gasteiger partial charge is 0.446 e. The van der Waals surface area contributed by atoms with Gasteiger partial charge in [0, 0.05) is 81.5 Å². The number of thioether (sulfide) groups is 1. The van der Waals surface area contributed by atoms with Crippen molar-refractivity contribution in [3.63, 3.8) is 0 Å². The van der Waals surface area contributed by atoms with Gasteiger partial charge in [0.15, 0.2) is 0 Å². The first-order valence-electron chi connectivity index (χ1n) is 16.2. The molecule has 3 aliphatic heterocycles. The first-order valence-corrected chi connectivity index (χ1v) is 17.0. The van der Waals surface area contributed by atoms with Gasteiger partial charge in [0.05, 0.1) is 5.69 Å². The third kappa shape index (κ3) is 6.83. The first-order chi connectivity index (χ1) is 22.9. The van der Waals surface area contributed by atoms with E-state index in [2.05, 4.69) is 49.0 Å². The van der Waals surface area contributed by atoms with Gasteiger partial charge < -0.3 is 24.9 Å². The minimum atomic E-state index is -4.45. The van der Waals surface area contributed by atoms with Crippen LogP contribution in [0.1, 0.15) is 36.8 Å². The maximum absolute atomic E-state index is 14.8. The van der Waals surface area contributed by atoms with Crippen LogP contribution in [0.4, 0.5) is 35.3 Å². The Morgan fingerprint density at radius 3 is 1.65 bits per heavy atom. The summed E-state index contributed by atoms with van der Waals surface area (Å²) in [6.45, 7) is 10.8. The molecule has 5 heterocycles. The molecule has 256 valence electrons. The van der Waals surface area contributed by atoms with Gasteiger partial charge in [-0.1, -0.05) is 13.8 Å². The van der Waals surface area contributed by atoms with Crippen molar-refractivity contribution in [3.8, 4) is 0 Å². The molecule has 3 amide bonds. The molecule has 3 aromatic rings. The summed E-state index contributed by atoms with van der Waals surface area (Å²) in [4.78, 5) is 47.9. The summed E-state index contributed by atoms with van der Waals surface area (Å²) in [5.74, 6) is 0.123. The molecule has 0 spiro atoms. The smallest absolute Gasteiger partial charge is 0.354 e. The number of nitrogens with one attached hydrogen (secondary N) is 1. The van der Waals surface area contributed by atoms with Crippen molar-refractivity contribution >= 4 is 41.0 Å². The van der Waals surface area contributed by atoms with Gasteiger partial charge in [-0.3, -0.25) is 4.79 Å². The Hall–Kier alpha value is -3.88. The van der Waals surface area contributed by atoms with Gasteiger partial charge in [0.1, 0.15) is 17.2 Å². The third-order valence-electron chi connectivity index (χ3n) is 9.96. The zero-order valence-electron chi connectivity index (χ0n) is 27.6. The molecule has 6 rings (SSSR count). The van der Waals surface area contributed by atoms with Gasteiger partial charge in [-0.2, -0.15) is 13.2 Å². The Kier molecular flexibility index (Phi) is 9.60. The molecule has 48 heavy (non-hydrogen) atoms. The second-order valence-electron chi connectivity index (χ2n) is 12.9. The average Bonchev–Trinajstić information content (AvgIpc) is 3.34. The Morgan fingerprint density at radius 2 is 1.21 bits per heavy atom. The van der Waals surface area contributed by atoms with Gasteiger partial charge in [-0.15, -0.1) is 0 Å². The van der Waals surface area contributed by atoms with Crippen LogP contribution in [0.25, 0.3) is 0 Å². The molecule has 0 radical (unpaired) electrons. The van der Waals surface area contributed by atoms with E-state index in [0.717, 1.165) is 80.0 Å². The highest BCUT2D eigenvalue weighted by Crippen LogP contribution is 2.46. The monoisotopic (exact) mass is 682 g/mol. The number of urea groups is 1. The number of carbonyl (C=O) groups is 2. The predicted molar refractivity (Wildman–Crippen MR) is 182 cm³/mol. The van der Waals surface area contributed by atoms with Crippen LogP contribution < -0.4 is 20.0 Å². The van der Waals surface area contributed by atoms with Crippen LogP contribution in [0, 0.1) is 0 Å². The van der Waals surface area contributed by atoms with Gasteiger partial charge >= 0.3 is 11.5 Å². The Labute approximate surface area is 283 Å². The fourth-order valence-corrected chi connectivity index (χ4v) is 7.45. The summed E-state index contributed by atoms with van der Waals surface area (Å²) in [5.41, 5.74) is -4.01. The SMILES string of the molecule is CC(c1ccnc(N2CCN(C)CC2)c1)C1(C(C)c2ccnc(N3CCN(C)CC3)c2)NC(=O)N(c2ccc(SC(F)(F)F)cc2)C1=O. The Balaban J connectivity index is 1.38. The predicted octanol–water partition coefficient (Wildman–Crippen LogP) is 4.99. The molecule has 0 aliphatic carbocycles. The molecule has 3 fully saturated rings. The number of piperazine rings is 2. The van der Waals surface area contributed by atoms with E-state index in [1.54, 1.807) is 12.4 Å². The molecule has 14 heteroatoms. The lowest BCUT2D eigenvalue weighted by Gasteiger charge is -2.40. The zero-order chi connectivity index (χ0) is 34.2. The summed E-state index contributed by atoms with van der Waals surface area (Å²) < 4.78 is 39.0. The normalized spacial score (nSPS) is 22.6. The summed E-state index contributed by atoms with van der Waals surface area (Å²) in [7, 11) is 4.18. The molecule has 2 unspecified atom stereocenters. The van der Waals surface area contributed by atoms with E-state index < -0.39 is 34.8 Å². The lowest BCUT2D eigenvalue weighted by molar-refractivity contribution is -0.123. The molecular formula is C34H41F3N8O2S. The van der Waals surface area contributed by atoms with Crippen LogP contribution in [0.5, 0.6) is 0 Å². The van der Waals surface area contributed by atoms with Crippen LogP contribution in [0.3, 0.4) is 0 Å². The number of carbonyl (C=O) groups excluding carboxylic acids is 2. The van der Waals surface area contributed by atoms with Crippen LogP contribution in [-0.4, -0.2) is 109 Å². The van der Waals surface area contributed by atoms with Crippen molar-refractivity contribution in [1.82, 2.24) is 25.1 Å². The molecular weight excluding hydrogens is 641 g/mol. The Bertz CT molecular complexity index is 1550. The second kappa shape index (κ2) is 13.6. The number of amides is 3. The van der Waals surface area contributed by atoms with E-state index in [9.17, 15) is 22.8 Å². The Morgan fingerprint density at radius 1 is 0.750 bits per heavy atom. The minimum absolute atomic E-state index is 0.0345. The van der Waals surface area contributed by atoms with Crippen molar-refractivity contribution < 1.29 is 22.8 Å². The molecule has 0 bridgehead atoms. The van der Waals surface area contributed by atoms with E-state index in [1.807, 2.05) is 38.1 Å². The number of likely N-dealkylation sites (N-methyl/N-ethyl adjacent to an activating group) is 2. The van der Waals surface area contributed by atoms with Crippen LogP contribution in [-0.2, 0) is 4.79 Å². The van der Waals surface area contributed by atoms with E-state index >= 15 is 0 Å². The zero-order valence-corrected chi connectivity index (χ0v) is 28.4. The number of hydrogen-bond donors (Lipinski definition) is 1. The van der Waals surface area contributed by atoms with E-state index in [-0.39, 0.29) is 22.3 Å². The summed E-state index contributed by atoms with van der Waals surface area (Å²) in [6.07, 6.45) is 3.48. The molecule has 10 nitrogen and oxygen atoms in total.